The molecule has 2 aliphatic heterocycles. The summed E-state index contributed by atoms with van der Waals surface area (Å²) in [6.45, 7) is 3.99. The van der Waals surface area contributed by atoms with Crippen molar-refractivity contribution in [3.63, 3.8) is 0 Å². The normalized spacial score (nSPS) is 23.1. The summed E-state index contributed by atoms with van der Waals surface area (Å²) in [5.74, 6) is -0.0504. The molecule has 5 nitrogen and oxygen atoms in total. The minimum atomic E-state index is -0.534. The van der Waals surface area contributed by atoms with Gasteiger partial charge in [-0.15, -0.1) is 0 Å². The Balaban J connectivity index is 1.41. The fraction of sp³-hybridized carbons (Fsp3) is 0.611. The number of hydrogen-bond acceptors (Lipinski definition) is 4. The zero-order valence-electron chi connectivity index (χ0n) is 13.5. The molecule has 0 radical (unpaired) electrons. The van der Waals surface area contributed by atoms with Crippen LogP contribution in [0, 0.1) is 5.92 Å². The third-order valence-corrected chi connectivity index (χ3v) is 4.72. The van der Waals surface area contributed by atoms with Gasteiger partial charge in [0.2, 0.25) is 5.91 Å². The maximum atomic E-state index is 12.0. The van der Waals surface area contributed by atoms with E-state index in [9.17, 15) is 9.90 Å². The van der Waals surface area contributed by atoms with Gasteiger partial charge in [-0.3, -0.25) is 9.69 Å². The van der Waals surface area contributed by atoms with Crippen molar-refractivity contribution in [1.82, 2.24) is 10.2 Å². The monoisotopic (exact) mass is 318 g/mol. The molecule has 1 amide bonds. The van der Waals surface area contributed by atoms with Gasteiger partial charge < -0.3 is 15.2 Å². The molecule has 5 heteroatoms. The van der Waals surface area contributed by atoms with Crippen molar-refractivity contribution < 1.29 is 14.6 Å². The van der Waals surface area contributed by atoms with Gasteiger partial charge in [-0.25, -0.2) is 0 Å². The van der Waals surface area contributed by atoms with E-state index in [0.717, 1.165) is 39.0 Å². The third-order valence-electron chi connectivity index (χ3n) is 4.72. The van der Waals surface area contributed by atoms with Crippen LogP contribution < -0.4 is 5.32 Å². The first-order valence-corrected chi connectivity index (χ1v) is 8.55. The zero-order valence-corrected chi connectivity index (χ0v) is 13.5. The van der Waals surface area contributed by atoms with Crippen LogP contribution in [0.25, 0.3) is 0 Å². The minimum Gasteiger partial charge on any atom is -0.390 e. The first-order valence-electron chi connectivity index (χ1n) is 8.55. The van der Waals surface area contributed by atoms with Crippen molar-refractivity contribution in [2.45, 2.75) is 31.9 Å². The van der Waals surface area contributed by atoms with Crippen LogP contribution in [0.3, 0.4) is 0 Å². The van der Waals surface area contributed by atoms with Crippen molar-refractivity contribution in [2.75, 3.05) is 32.8 Å². The number of nitrogens with one attached hydrogen (secondary N) is 1. The Morgan fingerprint density at radius 3 is 3.00 bits per heavy atom. The number of fused-ring (bicyclic) bond motifs is 1. The Kier molecular flexibility index (Phi) is 5.65. The summed E-state index contributed by atoms with van der Waals surface area (Å²) in [6, 6.07) is 8.47. The zero-order chi connectivity index (χ0) is 16.1. The standard InChI is InChI=1S/C18H26N2O3/c21-17(10-19-18(22)16-6-3-9-23-13-16)12-20-8-7-14-4-1-2-5-15(14)11-20/h1-2,4-5,16-17,21H,3,6-13H2,(H,19,22)/t16-,17+/m0/s1. The lowest BCUT2D eigenvalue weighted by Crippen LogP contribution is -2.44. The summed E-state index contributed by atoms with van der Waals surface area (Å²) in [5.41, 5.74) is 2.75. The van der Waals surface area contributed by atoms with Gasteiger partial charge in [-0.2, -0.15) is 0 Å². The molecule has 23 heavy (non-hydrogen) atoms. The van der Waals surface area contributed by atoms with Crippen molar-refractivity contribution in [1.29, 1.82) is 0 Å². The SMILES string of the molecule is O=C(NC[C@@H](O)CN1CCc2ccccc2C1)[C@H]1CCCOC1. The molecule has 2 aliphatic rings. The number of aliphatic hydroxyl groups is 1. The van der Waals surface area contributed by atoms with E-state index in [0.29, 0.717) is 19.7 Å². The molecule has 2 atom stereocenters. The van der Waals surface area contributed by atoms with E-state index in [4.69, 9.17) is 4.74 Å². The van der Waals surface area contributed by atoms with Gasteiger partial charge in [0.15, 0.2) is 0 Å². The van der Waals surface area contributed by atoms with Crippen LogP contribution in [-0.4, -0.2) is 54.9 Å². The molecule has 0 spiro atoms. The molecule has 1 aromatic carbocycles. The molecular weight excluding hydrogens is 292 g/mol. The van der Waals surface area contributed by atoms with Gasteiger partial charge in [0.1, 0.15) is 0 Å². The predicted octanol–water partition coefficient (Wildman–Crippen LogP) is 0.948. The highest BCUT2D eigenvalue weighted by Crippen LogP contribution is 2.18. The fourth-order valence-corrected chi connectivity index (χ4v) is 3.38. The predicted molar refractivity (Wildman–Crippen MR) is 88.0 cm³/mol. The Morgan fingerprint density at radius 2 is 2.22 bits per heavy atom. The van der Waals surface area contributed by atoms with Gasteiger partial charge in [0, 0.05) is 32.8 Å². The molecule has 0 aromatic heterocycles. The average Bonchev–Trinajstić information content (AvgIpc) is 2.60. The van der Waals surface area contributed by atoms with Gasteiger partial charge in [-0.05, 0) is 30.4 Å². The average molecular weight is 318 g/mol. The van der Waals surface area contributed by atoms with Gasteiger partial charge in [0.25, 0.3) is 0 Å². The highest BCUT2D eigenvalue weighted by molar-refractivity contribution is 5.78. The van der Waals surface area contributed by atoms with E-state index in [1.54, 1.807) is 0 Å². The smallest absolute Gasteiger partial charge is 0.225 e. The van der Waals surface area contributed by atoms with Crippen LogP contribution in [0.2, 0.25) is 0 Å². The lowest BCUT2D eigenvalue weighted by molar-refractivity contribution is -0.129. The molecule has 0 bridgehead atoms. The molecule has 126 valence electrons. The summed E-state index contributed by atoms with van der Waals surface area (Å²) >= 11 is 0. The Morgan fingerprint density at radius 1 is 1.39 bits per heavy atom. The second kappa shape index (κ2) is 7.90. The number of ether oxygens (including phenoxy) is 1. The summed E-state index contributed by atoms with van der Waals surface area (Å²) < 4.78 is 5.33. The molecule has 0 aliphatic carbocycles. The molecule has 3 rings (SSSR count). The van der Waals surface area contributed by atoms with Gasteiger partial charge in [-0.1, -0.05) is 24.3 Å². The third kappa shape index (κ3) is 4.53. The number of carbonyl (C=O) groups is 1. The highest BCUT2D eigenvalue weighted by atomic mass is 16.5. The fourth-order valence-electron chi connectivity index (χ4n) is 3.38. The minimum absolute atomic E-state index is 0.00717. The Labute approximate surface area is 137 Å². The molecule has 0 saturated carbocycles. The van der Waals surface area contributed by atoms with E-state index in [2.05, 4.69) is 34.5 Å². The first-order chi connectivity index (χ1) is 11.2. The lowest BCUT2D eigenvalue weighted by atomic mass is 9.99. The molecular formula is C18H26N2O3. The maximum Gasteiger partial charge on any atom is 0.225 e. The van der Waals surface area contributed by atoms with Crippen LogP contribution in [0.5, 0.6) is 0 Å². The maximum absolute atomic E-state index is 12.0. The number of hydrogen-bond donors (Lipinski definition) is 2. The molecule has 1 aromatic rings. The molecule has 1 fully saturated rings. The van der Waals surface area contributed by atoms with Gasteiger partial charge in [0.05, 0.1) is 18.6 Å². The topological polar surface area (TPSA) is 61.8 Å². The molecule has 0 unspecified atom stereocenters. The number of carbonyl (C=O) groups excluding carboxylic acids is 1. The second-order valence-corrected chi connectivity index (χ2v) is 6.57. The number of nitrogens with zero attached hydrogens (tertiary/aromatic N) is 1. The van der Waals surface area contributed by atoms with Crippen molar-refractivity contribution in [3.8, 4) is 0 Å². The van der Waals surface area contributed by atoms with Gasteiger partial charge >= 0.3 is 0 Å². The second-order valence-electron chi connectivity index (χ2n) is 6.57. The van der Waals surface area contributed by atoms with Crippen LogP contribution in [-0.2, 0) is 22.5 Å². The van der Waals surface area contributed by atoms with Crippen LogP contribution in [0.1, 0.15) is 24.0 Å². The number of rotatable bonds is 5. The van der Waals surface area contributed by atoms with E-state index in [1.165, 1.54) is 11.1 Å². The van der Waals surface area contributed by atoms with Crippen molar-refractivity contribution in [3.05, 3.63) is 35.4 Å². The Bertz CT molecular complexity index is 529. The van der Waals surface area contributed by atoms with Crippen molar-refractivity contribution >= 4 is 5.91 Å². The molecule has 2 N–H and O–H groups in total. The van der Waals surface area contributed by atoms with Crippen LogP contribution in [0.15, 0.2) is 24.3 Å². The summed E-state index contributed by atoms with van der Waals surface area (Å²) in [7, 11) is 0. The summed E-state index contributed by atoms with van der Waals surface area (Å²) in [4.78, 5) is 14.3. The van der Waals surface area contributed by atoms with E-state index < -0.39 is 6.10 Å². The number of aliphatic hydroxyl groups excluding tert-OH is 1. The molecule has 2 heterocycles. The summed E-state index contributed by atoms with van der Waals surface area (Å²) in [5, 5.41) is 13.1. The number of amides is 1. The van der Waals surface area contributed by atoms with Crippen LogP contribution in [0.4, 0.5) is 0 Å². The molecule has 1 saturated heterocycles. The number of β-amino-alcohol motifs (C(OH)–C–C–N with tert-alkyl or cyclic N) is 1. The lowest BCUT2D eigenvalue weighted by Gasteiger charge is -2.30. The number of benzene rings is 1. The quantitative estimate of drug-likeness (QED) is 0.848. The summed E-state index contributed by atoms with van der Waals surface area (Å²) in [6.07, 6.45) is 2.31. The first kappa shape index (κ1) is 16.4. The largest absolute Gasteiger partial charge is 0.390 e. The van der Waals surface area contributed by atoms with Crippen molar-refractivity contribution in [2.24, 2.45) is 5.92 Å². The van der Waals surface area contributed by atoms with Crippen LogP contribution >= 0.6 is 0 Å². The van der Waals surface area contributed by atoms with E-state index in [-0.39, 0.29) is 11.8 Å². The Hall–Kier alpha value is -1.43. The highest BCUT2D eigenvalue weighted by Gasteiger charge is 2.23. The van der Waals surface area contributed by atoms with E-state index >= 15 is 0 Å². The van der Waals surface area contributed by atoms with E-state index in [1.807, 2.05) is 0 Å².